The first-order valence-electron chi connectivity index (χ1n) is 5.07. The van der Waals surface area contributed by atoms with Crippen LogP contribution in [0.2, 0.25) is 10.0 Å². The predicted octanol–water partition coefficient (Wildman–Crippen LogP) is 4.87. The Bertz CT molecular complexity index is 529. The standard InChI is InChI=1S/C13H11Cl2NS/c14-10-2-1-3-12(7-10)17-8-9-6-11(16)4-5-13(9)15/h1-7H,8,16H2. The average molecular weight is 284 g/mol. The van der Waals surface area contributed by atoms with Gasteiger partial charge in [0, 0.05) is 26.4 Å². The predicted molar refractivity (Wildman–Crippen MR) is 76.9 cm³/mol. The third-order valence-corrected chi connectivity index (χ3v) is 3.91. The maximum absolute atomic E-state index is 6.10. The molecule has 0 spiro atoms. The zero-order chi connectivity index (χ0) is 12.3. The smallest absolute Gasteiger partial charge is 0.0448 e. The Balaban J connectivity index is 2.09. The van der Waals surface area contributed by atoms with Gasteiger partial charge in [-0.15, -0.1) is 11.8 Å². The summed E-state index contributed by atoms with van der Waals surface area (Å²) in [5, 5.41) is 1.49. The molecular formula is C13H11Cl2NS. The molecule has 0 aromatic heterocycles. The monoisotopic (exact) mass is 283 g/mol. The van der Waals surface area contributed by atoms with Gasteiger partial charge in [0.05, 0.1) is 0 Å². The SMILES string of the molecule is Nc1ccc(Cl)c(CSc2cccc(Cl)c2)c1. The van der Waals surface area contributed by atoms with E-state index in [0.717, 1.165) is 31.9 Å². The summed E-state index contributed by atoms with van der Waals surface area (Å²) in [5.41, 5.74) is 7.50. The summed E-state index contributed by atoms with van der Waals surface area (Å²) in [6.07, 6.45) is 0. The van der Waals surface area contributed by atoms with E-state index in [2.05, 4.69) is 0 Å². The van der Waals surface area contributed by atoms with E-state index in [4.69, 9.17) is 28.9 Å². The van der Waals surface area contributed by atoms with Crippen LogP contribution in [0.25, 0.3) is 0 Å². The molecule has 0 amide bonds. The third kappa shape index (κ3) is 3.56. The molecule has 0 fully saturated rings. The Kier molecular flexibility index (Phi) is 4.21. The summed E-state index contributed by atoms with van der Waals surface area (Å²) in [5.74, 6) is 0.782. The van der Waals surface area contributed by atoms with Crippen LogP contribution in [0.15, 0.2) is 47.4 Å². The molecule has 0 heterocycles. The molecule has 1 nitrogen and oxygen atoms in total. The molecule has 88 valence electrons. The first-order valence-corrected chi connectivity index (χ1v) is 6.81. The maximum atomic E-state index is 6.10. The van der Waals surface area contributed by atoms with Gasteiger partial charge in [-0.25, -0.2) is 0 Å². The fraction of sp³-hybridized carbons (Fsp3) is 0.0769. The lowest BCUT2D eigenvalue weighted by Gasteiger charge is -2.05. The van der Waals surface area contributed by atoms with Crippen LogP contribution in [0.3, 0.4) is 0 Å². The van der Waals surface area contributed by atoms with Crippen molar-refractivity contribution >= 4 is 40.7 Å². The van der Waals surface area contributed by atoms with Gasteiger partial charge < -0.3 is 5.73 Å². The molecular weight excluding hydrogens is 273 g/mol. The topological polar surface area (TPSA) is 26.0 Å². The van der Waals surface area contributed by atoms with Gasteiger partial charge in [0.15, 0.2) is 0 Å². The molecule has 0 atom stereocenters. The second-order valence-corrected chi connectivity index (χ2v) is 5.49. The Morgan fingerprint density at radius 3 is 2.65 bits per heavy atom. The van der Waals surface area contributed by atoms with Crippen molar-refractivity contribution in [1.29, 1.82) is 0 Å². The van der Waals surface area contributed by atoms with Crippen LogP contribution < -0.4 is 5.73 Å². The number of anilines is 1. The van der Waals surface area contributed by atoms with E-state index in [1.54, 1.807) is 17.8 Å². The van der Waals surface area contributed by atoms with Crippen LogP contribution >= 0.6 is 35.0 Å². The minimum Gasteiger partial charge on any atom is -0.399 e. The number of nitrogens with two attached hydrogens (primary N) is 1. The number of thioether (sulfide) groups is 1. The van der Waals surface area contributed by atoms with Crippen LogP contribution in [-0.2, 0) is 5.75 Å². The number of hydrogen-bond acceptors (Lipinski definition) is 2. The van der Waals surface area contributed by atoms with E-state index >= 15 is 0 Å². The van der Waals surface area contributed by atoms with E-state index in [0.29, 0.717) is 0 Å². The van der Waals surface area contributed by atoms with Crippen LogP contribution in [0, 0.1) is 0 Å². The summed E-state index contributed by atoms with van der Waals surface area (Å²) in [6, 6.07) is 13.3. The number of hydrogen-bond donors (Lipinski definition) is 1. The minimum atomic E-state index is 0.732. The molecule has 0 aliphatic carbocycles. The number of benzene rings is 2. The van der Waals surface area contributed by atoms with E-state index < -0.39 is 0 Å². The highest BCUT2D eigenvalue weighted by atomic mass is 35.5. The minimum absolute atomic E-state index is 0.732. The highest BCUT2D eigenvalue weighted by molar-refractivity contribution is 7.98. The summed E-state index contributed by atoms with van der Waals surface area (Å²) in [7, 11) is 0. The number of halogens is 2. The molecule has 4 heteroatoms. The van der Waals surface area contributed by atoms with Crippen LogP contribution in [0.4, 0.5) is 5.69 Å². The molecule has 0 aliphatic heterocycles. The van der Waals surface area contributed by atoms with E-state index in [1.165, 1.54) is 0 Å². The number of rotatable bonds is 3. The summed E-state index contributed by atoms with van der Waals surface area (Å²) in [4.78, 5) is 1.12. The third-order valence-electron chi connectivity index (χ3n) is 2.26. The lowest BCUT2D eigenvalue weighted by Crippen LogP contribution is -1.88. The lowest BCUT2D eigenvalue weighted by molar-refractivity contribution is 1.38. The van der Waals surface area contributed by atoms with Crippen molar-refractivity contribution in [2.24, 2.45) is 0 Å². The largest absolute Gasteiger partial charge is 0.399 e. The first-order chi connectivity index (χ1) is 8.15. The molecule has 2 rings (SSSR count). The molecule has 0 radical (unpaired) electrons. The fourth-order valence-corrected chi connectivity index (χ4v) is 2.89. The van der Waals surface area contributed by atoms with Crippen molar-refractivity contribution < 1.29 is 0 Å². The highest BCUT2D eigenvalue weighted by Gasteiger charge is 2.02. The van der Waals surface area contributed by atoms with Gasteiger partial charge in [0.25, 0.3) is 0 Å². The summed E-state index contributed by atoms with van der Waals surface area (Å²) >= 11 is 13.7. The maximum Gasteiger partial charge on any atom is 0.0448 e. The summed E-state index contributed by atoms with van der Waals surface area (Å²) < 4.78 is 0. The van der Waals surface area contributed by atoms with Gasteiger partial charge in [-0.05, 0) is 42.0 Å². The van der Waals surface area contributed by atoms with Crippen molar-refractivity contribution in [2.75, 3.05) is 5.73 Å². The van der Waals surface area contributed by atoms with Gasteiger partial charge in [-0.2, -0.15) is 0 Å². The second-order valence-electron chi connectivity index (χ2n) is 3.60. The van der Waals surface area contributed by atoms with Gasteiger partial charge in [0.1, 0.15) is 0 Å². The summed E-state index contributed by atoms with van der Waals surface area (Å²) in [6.45, 7) is 0. The molecule has 0 bridgehead atoms. The zero-order valence-electron chi connectivity index (χ0n) is 8.99. The van der Waals surface area contributed by atoms with Gasteiger partial charge in [-0.3, -0.25) is 0 Å². The van der Waals surface area contributed by atoms with Crippen molar-refractivity contribution in [2.45, 2.75) is 10.6 Å². The zero-order valence-corrected chi connectivity index (χ0v) is 11.3. The lowest BCUT2D eigenvalue weighted by atomic mass is 10.2. The fourth-order valence-electron chi connectivity index (χ4n) is 1.42. The van der Waals surface area contributed by atoms with E-state index in [-0.39, 0.29) is 0 Å². The Morgan fingerprint density at radius 1 is 1.06 bits per heavy atom. The van der Waals surface area contributed by atoms with Gasteiger partial charge in [-0.1, -0.05) is 29.3 Å². The second kappa shape index (κ2) is 5.67. The van der Waals surface area contributed by atoms with Crippen molar-refractivity contribution in [3.8, 4) is 0 Å². The van der Waals surface area contributed by atoms with Crippen LogP contribution in [-0.4, -0.2) is 0 Å². The molecule has 0 unspecified atom stereocenters. The van der Waals surface area contributed by atoms with Crippen molar-refractivity contribution in [3.05, 3.63) is 58.1 Å². The molecule has 0 aliphatic rings. The molecule has 2 aromatic rings. The van der Waals surface area contributed by atoms with Gasteiger partial charge >= 0.3 is 0 Å². The Morgan fingerprint density at radius 2 is 1.88 bits per heavy atom. The number of nitrogen functional groups attached to an aromatic ring is 1. The van der Waals surface area contributed by atoms with E-state index in [9.17, 15) is 0 Å². The van der Waals surface area contributed by atoms with Crippen molar-refractivity contribution in [3.63, 3.8) is 0 Å². The normalized spacial score (nSPS) is 10.5. The highest BCUT2D eigenvalue weighted by Crippen LogP contribution is 2.29. The Hall–Kier alpha value is -0.830. The average Bonchev–Trinajstić information content (AvgIpc) is 2.30. The van der Waals surface area contributed by atoms with Crippen molar-refractivity contribution in [1.82, 2.24) is 0 Å². The van der Waals surface area contributed by atoms with Crippen LogP contribution in [0.1, 0.15) is 5.56 Å². The van der Waals surface area contributed by atoms with E-state index in [1.807, 2.05) is 36.4 Å². The molecule has 0 saturated heterocycles. The van der Waals surface area contributed by atoms with Gasteiger partial charge in [0.2, 0.25) is 0 Å². The Labute approximate surface area is 115 Å². The molecule has 17 heavy (non-hydrogen) atoms. The first kappa shape index (κ1) is 12.6. The molecule has 0 saturated carbocycles. The quantitative estimate of drug-likeness (QED) is 0.643. The molecule has 2 aromatic carbocycles. The molecule has 2 N–H and O–H groups in total. The van der Waals surface area contributed by atoms with Crippen LogP contribution in [0.5, 0.6) is 0 Å².